The van der Waals surface area contributed by atoms with Gasteiger partial charge in [0.25, 0.3) is 0 Å². The van der Waals surface area contributed by atoms with E-state index in [-0.39, 0.29) is 29.4 Å². The lowest BCUT2D eigenvalue weighted by atomic mass is 9.65. The van der Waals surface area contributed by atoms with Crippen molar-refractivity contribution < 1.29 is 19.1 Å². The Morgan fingerprint density at radius 3 is 1.86 bits per heavy atom. The van der Waals surface area contributed by atoms with Crippen molar-refractivity contribution in [3.8, 4) is 0 Å². The summed E-state index contributed by atoms with van der Waals surface area (Å²) in [5.74, 6) is 2.36. The predicted octanol–water partition coefficient (Wildman–Crippen LogP) is 5.00. The van der Waals surface area contributed by atoms with Gasteiger partial charge in [-0.1, -0.05) is 33.6 Å². The molecule has 0 amide bonds. The number of esters is 2. The SMILES string of the molecule is CCC1CC(CC)C2C3CC(C(C(=O)OC)C3C(=O)OC3(CC)CCCC3)C12. The van der Waals surface area contributed by atoms with Crippen molar-refractivity contribution in [3.63, 3.8) is 0 Å². The van der Waals surface area contributed by atoms with E-state index in [2.05, 4.69) is 20.8 Å². The smallest absolute Gasteiger partial charge is 0.310 e. The van der Waals surface area contributed by atoms with Crippen molar-refractivity contribution in [3.05, 3.63) is 0 Å². The Morgan fingerprint density at radius 1 is 0.857 bits per heavy atom. The topological polar surface area (TPSA) is 52.6 Å². The van der Waals surface area contributed by atoms with Crippen LogP contribution in [-0.4, -0.2) is 24.6 Å². The van der Waals surface area contributed by atoms with Gasteiger partial charge >= 0.3 is 11.9 Å². The second-order valence-electron chi connectivity index (χ2n) is 10.0. The molecule has 0 spiro atoms. The highest BCUT2D eigenvalue weighted by Crippen LogP contribution is 2.68. The largest absolute Gasteiger partial charge is 0.469 e. The summed E-state index contributed by atoms with van der Waals surface area (Å²) in [5, 5.41) is 0. The Balaban J connectivity index is 1.62. The lowest BCUT2D eigenvalue weighted by Gasteiger charge is -2.40. The lowest BCUT2D eigenvalue weighted by Crippen LogP contribution is -2.46. The molecule has 0 heterocycles. The van der Waals surface area contributed by atoms with E-state index in [0.717, 1.165) is 38.5 Å². The van der Waals surface area contributed by atoms with Crippen LogP contribution in [0, 0.1) is 47.3 Å². The van der Waals surface area contributed by atoms with E-state index in [1.54, 1.807) is 0 Å². The molecule has 4 fully saturated rings. The molecule has 4 rings (SSSR count). The molecule has 0 aromatic carbocycles. The van der Waals surface area contributed by atoms with Crippen molar-refractivity contribution in [2.24, 2.45) is 47.3 Å². The maximum Gasteiger partial charge on any atom is 0.310 e. The van der Waals surface area contributed by atoms with E-state index in [1.807, 2.05) is 0 Å². The maximum atomic E-state index is 13.5. The molecule has 0 N–H and O–H groups in total. The van der Waals surface area contributed by atoms with E-state index in [4.69, 9.17) is 9.47 Å². The average molecular weight is 391 g/mol. The van der Waals surface area contributed by atoms with Crippen LogP contribution in [0.25, 0.3) is 0 Å². The molecule has 4 saturated carbocycles. The summed E-state index contributed by atoms with van der Waals surface area (Å²) in [4.78, 5) is 26.3. The molecule has 4 heteroatoms. The molecule has 0 saturated heterocycles. The Bertz CT molecular complexity index is 608. The number of hydrogen-bond donors (Lipinski definition) is 0. The summed E-state index contributed by atoms with van der Waals surface area (Å²) in [6.45, 7) is 6.71. The summed E-state index contributed by atoms with van der Waals surface area (Å²) in [6.07, 6.45) is 9.75. The Kier molecular flexibility index (Phi) is 5.52. The summed E-state index contributed by atoms with van der Waals surface area (Å²) >= 11 is 0. The molecule has 0 aromatic heterocycles. The standard InChI is InChI=1S/C24H38O4/c1-5-14-12-15(6-2)19-17-13-16(18(14)19)20(22(25)27-4)21(17)23(26)28-24(7-3)10-8-9-11-24/h14-21H,5-13H2,1-4H3. The minimum absolute atomic E-state index is 0.0973. The first-order valence-electron chi connectivity index (χ1n) is 11.8. The molecule has 8 unspecified atom stereocenters. The number of fused-ring (bicyclic) bond motifs is 5. The zero-order chi connectivity index (χ0) is 20.1. The van der Waals surface area contributed by atoms with E-state index in [0.29, 0.717) is 35.5 Å². The highest BCUT2D eigenvalue weighted by atomic mass is 16.6. The van der Waals surface area contributed by atoms with Crippen LogP contribution in [0.5, 0.6) is 0 Å². The van der Waals surface area contributed by atoms with E-state index in [9.17, 15) is 9.59 Å². The van der Waals surface area contributed by atoms with Crippen molar-refractivity contribution in [1.29, 1.82) is 0 Å². The molecule has 8 atom stereocenters. The van der Waals surface area contributed by atoms with Crippen molar-refractivity contribution in [1.82, 2.24) is 0 Å². The van der Waals surface area contributed by atoms with Crippen molar-refractivity contribution >= 4 is 11.9 Å². The van der Waals surface area contributed by atoms with Gasteiger partial charge in [-0.25, -0.2) is 0 Å². The van der Waals surface area contributed by atoms with Crippen LogP contribution in [0.2, 0.25) is 0 Å². The minimum Gasteiger partial charge on any atom is -0.469 e. The number of methoxy groups -OCH3 is 1. The molecule has 0 aromatic rings. The summed E-state index contributed by atoms with van der Waals surface area (Å²) in [6, 6.07) is 0. The van der Waals surface area contributed by atoms with Gasteiger partial charge in [0.1, 0.15) is 5.60 Å². The normalized spacial score (nSPS) is 43.1. The third-order valence-electron chi connectivity index (χ3n) is 9.25. The van der Waals surface area contributed by atoms with Gasteiger partial charge in [-0.2, -0.15) is 0 Å². The Labute approximate surface area is 170 Å². The highest BCUT2D eigenvalue weighted by Gasteiger charge is 2.67. The molecule has 4 aliphatic carbocycles. The fourth-order valence-electron chi connectivity index (χ4n) is 8.02. The molecule has 28 heavy (non-hydrogen) atoms. The molecular weight excluding hydrogens is 352 g/mol. The summed E-state index contributed by atoms with van der Waals surface area (Å²) < 4.78 is 11.4. The fraction of sp³-hybridized carbons (Fsp3) is 0.917. The lowest BCUT2D eigenvalue weighted by molar-refractivity contribution is -0.176. The Hall–Kier alpha value is -1.06. The molecule has 158 valence electrons. The number of ether oxygens (including phenoxy) is 2. The molecule has 4 nitrogen and oxygen atoms in total. The van der Waals surface area contributed by atoms with Crippen LogP contribution in [0.15, 0.2) is 0 Å². The van der Waals surface area contributed by atoms with Gasteiger partial charge in [-0.15, -0.1) is 0 Å². The van der Waals surface area contributed by atoms with Crippen LogP contribution in [0.1, 0.15) is 78.6 Å². The number of rotatable bonds is 6. The minimum atomic E-state index is -0.288. The second-order valence-corrected chi connectivity index (χ2v) is 10.0. The predicted molar refractivity (Wildman–Crippen MR) is 107 cm³/mol. The zero-order valence-corrected chi connectivity index (χ0v) is 18.1. The zero-order valence-electron chi connectivity index (χ0n) is 18.1. The number of carbonyl (C=O) groups excluding carboxylic acids is 2. The van der Waals surface area contributed by atoms with E-state index >= 15 is 0 Å². The quantitative estimate of drug-likeness (QED) is 0.599. The first kappa shape index (κ1) is 20.2. The van der Waals surface area contributed by atoms with Crippen molar-refractivity contribution in [2.45, 2.75) is 84.2 Å². The molecular formula is C24H38O4. The van der Waals surface area contributed by atoms with E-state index < -0.39 is 0 Å². The van der Waals surface area contributed by atoms with Crippen LogP contribution in [0.4, 0.5) is 0 Å². The average Bonchev–Trinajstić information content (AvgIpc) is 3.46. The van der Waals surface area contributed by atoms with Gasteiger partial charge in [-0.05, 0) is 80.5 Å². The monoisotopic (exact) mass is 390 g/mol. The van der Waals surface area contributed by atoms with Crippen LogP contribution in [-0.2, 0) is 19.1 Å². The van der Waals surface area contributed by atoms with Crippen molar-refractivity contribution in [2.75, 3.05) is 7.11 Å². The molecule has 0 aliphatic heterocycles. The number of hydrogen-bond acceptors (Lipinski definition) is 4. The van der Waals surface area contributed by atoms with Gasteiger partial charge in [0.2, 0.25) is 0 Å². The third-order valence-corrected chi connectivity index (χ3v) is 9.25. The molecule has 2 bridgehead atoms. The van der Waals surface area contributed by atoms with Gasteiger partial charge in [-0.3, -0.25) is 9.59 Å². The van der Waals surface area contributed by atoms with Gasteiger partial charge in [0, 0.05) is 0 Å². The molecule has 0 radical (unpaired) electrons. The highest BCUT2D eigenvalue weighted by molar-refractivity contribution is 5.84. The van der Waals surface area contributed by atoms with Crippen LogP contribution >= 0.6 is 0 Å². The first-order valence-corrected chi connectivity index (χ1v) is 11.8. The Morgan fingerprint density at radius 2 is 1.39 bits per heavy atom. The molecule has 4 aliphatic rings. The fourth-order valence-corrected chi connectivity index (χ4v) is 8.02. The van der Waals surface area contributed by atoms with E-state index in [1.165, 1.54) is 26.4 Å². The van der Waals surface area contributed by atoms with Gasteiger partial charge < -0.3 is 9.47 Å². The first-order chi connectivity index (χ1) is 13.5. The second kappa shape index (κ2) is 7.65. The third kappa shape index (κ3) is 2.92. The van der Waals surface area contributed by atoms with Crippen LogP contribution in [0.3, 0.4) is 0 Å². The van der Waals surface area contributed by atoms with Gasteiger partial charge in [0.15, 0.2) is 0 Å². The summed E-state index contributed by atoms with van der Waals surface area (Å²) in [7, 11) is 1.47. The van der Waals surface area contributed by atoms with Gasteiger partial charge in [0.05, 0.1) is 18.9 Å². The maximum absolute atomic E-state index is 13.5. The van der Waals surface area contributed by atoms with Crippen LogP contribution < -0.4 is 0 Å². The number of carbonyl (C=O) groups is 2. The summed E-state index contributed by atoms with van der Waals surface area (Å²) in [5.41, 5.74) is -0.287.